The minimum absolute atomic E-state index is 0.114. The number of hydrogen-bond donors (Lipinski definition) is 2. The maximum atomic E-state index is 12.8. The summed E-state index contributed by atoms with van der Waals surface area (Å²) in [6, 6.07) is 16.4. The van der Waals surface area contributed by atoms with Gasteiger partial charge in [-0.25, -0.2) is 8.42 Å². The third-order valence-electron chi connectivity index (χ3n) is 4.27. The van der Waals surface area contributed by atoms with Gasteiger partial charge in [-0.1, -0.05) is 48.0 Å². The van der Waals surface area contributed by atoms with Gasteiger partial charge >= 0.3 is 0 Å². The largest absolute Gasteiger partial charge is 0.492 e. The summed E-state index contributed by atoms with van der Waals surface area (Å²) in [6.45, 7) is 3.52. The molecule has 0 saturated heterocycles. The lowest BCUT2D eigenvalue weighted by atomic mass is 10.1. The average molecular weight is 433 g/mol. The van der Waals surface area contributed by atoms with Crippen LogP contribution in [0.25, 0.3) is 10.8 Å². The molecule has 0 aliphatic rings. The van der Waals surface area contributed by atoms with E-state index in [0.29, 0.717) is 12.3 Å². The van der Waals surface area contributed by atoms with Crippen LogP contribution in [-0.4, -0.2) is 27.0 Å². The lowest BCUT2D eigenvalue weighted by Gasteiger charge is -2.17. The Kier molecular flexibility index (Phi) is 6.42. The summed E-state index contributed by atoms with van der Waals surface area (Å²) in [4.78, 5) is 12.5. The molecule has 6 nitrogen and oxygen atoms in total. The van der Waals surface area contributed by atoms with Crippen LogP contribution in [0.5, 0.6) is 5.75 Å². The molecule has 152 valence electrons. The molecule has 3 aromatic carbocycles. The van der Waals surface area contributed by atoms with Crippen LogP contribution in [0.3, 0.4) is 0 Å². The molecular formula is C21H21ClN2O4S. The molecule has 1 atom stereocenters. The molecule has 0 aromatic heterocycles. The van der Waals surface area contributed by atoms with Gasteiger partial charge in [0.1, 0.15) is 10.6 Å². The first-order valence-corrected chi connectivity index (χ1v) is 10.9. The van der Waals surface area contributed by atoms with Crippen molar-refractivity contribution in [1.29, 1.82) is 0 Å². The van der Waals surface area contributed by atoms with Gasteiger partial charge in [-0.2, -0.15) is 4.72 Å². The zero-order valence-corrected chi connectivity index (χ0v) is 17.5. The number of sulfonamides is 1. The number of halogens is 1. The zero-order chi connectivity index (χ0) is 21.0. The van der Waals surface area contributed by atoms with Crippen LogP contribution in [0.2, 0.25) is 5.02 Å². The first kappa shape index (κ1) is 21.1. The molecule has 8 heteroatoms. The van der Waals surface area contributed by atoms with Crippen molar-refractivity contribution in [3.63, 3.8) is 0 Å². The van der Waals surface area contributed by atoms with Crippen LogP contribution in [0, 0.1) is 0 Å². The van der Waals surface area contributed by atoms with Crippen molar-refractivity contribution in [2.75, 3.05) is 11.9 Å². The Bertz CT molecular complexity index is 1140. The summed E-state index contributed by atoms with van der Waals surface area (Å²) in [7, 11) is -4.03. The number of carbonyl (C=O) groups excluding carboxylic acids is 1. The predicted molar refractivity (Wildman–Crippen MR) is 115 cm³/mol. The second kappa shape index (κ2) is 8.82. The molecular weight excluding hydrogens is 412 g/mol. The van der Waals surface area contributed by atoms with E-state index in [0.717, 1.165) is 10.8 Å². The van der Waals surface area contributed by atoms with Crippen LogP contribution in [0.1, 0.15) is 13.8 Å². The van der Waals surface area contributed by atoms with Gasteiger partial charge in [0, 0.05) is 16.1 Å². The number of anilines is 1. The van der Waals surface area contributed by atoms with E-state index in [2.05, 4.69) is 10.0 Å². The van der Waals surface area contributed by atoms with Crippen LogP contribution in [0.15, 0.2) is 65.6 Å². The van der Waals surface area contributed by atoms with Crippen LogP contribution < -0.4 is 14.8 Å². The Labute approximate surface area is 174 Å². The van der Waals surface area contributed by atoms with Gasteiger partial charge < -0.3 is 10.1 Å². The molecule has 0 spiro atoms. The Morgan fingerprint density at radius 3 is 2.59 bits per heavy atom. The first-order chi connectivity index (χ1) is 13.8. The van der Waals surface area contributed by atoms with E-state index in [-0.39, 0.29) is 15.7 Å². The molecule has 3 aromatic rings. The van der Waals surface area contributed by atoms with Crippen LogP contribution >= 0.6 is 11.6 Å². The normalized spacial score (nSPS) is 12.5. The van der Waals surface area contributed by atoms with E-state index in [1.54, 1.807) is 19.1 Å². The number of carbonyl (C=O) groups is 1. The Hall–Kier alpha value is -2.61. The van der Waals surface area contributed by atoms with Crippen LogP contribution in [0.4, 0.5) is 5.69 Å². The molecule has 1 unspecified atom stereocenters. The van der Waals surface area contributed by atoms with E-state index in [4.69, 9.17) is 16.3 Å². The average Bonchev–Trinajstić information content (AvgIpc) is 2.69. The van der Waals surface area contributed by atoms with Gasteiger partial charge in [0.05, 0.1) is 12.6 Å². The fourth-order valence-electron chi connectivity index (χ4n) is 2.89. The highest BCUT2D eigenvalue weighted by molar-refractivity contribution is 7.89. The number of fused-ring (bicyclic) bond motifs is 1. The summed E-state index contributed by atoms with van der Waals surface area (Å²) in [5.74, 6) is -0.309. The summed E-state index contributed by atoms with van der Waals surface area (Å²) in [5, 5.41) is 4.88. The second-order valence-corrected chi connectivity index (χ2v) is 8.50. The van der Waals surface area contributed by atoms with Crippen molar-refractivity contribution in [2.45, 2.75) is 24.8 Å². The highest BCUT2D eigenvalue weighted by Crippen LogP contribution is 2.28. The van der Waals surface area contributed by atoms with Crippen LogP contribution in [-0.2, 0) is 14.8 Å². The fraction of sp³-hybridized carbons (Fsp3) is 0.190. The molecule has 29 heavy (non-hydrogen) atoms. The third kappa shape index (κ3) is 4.87. The van der Waals surface area contributed by atoms with Gasteiger partial charge in [0.25, 0.3) is 0 Å². The highest BCUT2D eigenvalue weighted by atomic mass is 35.5. The molecule has 0 bridgehead atoms. The maximum Gasteiger partial charge on any atom is 0.245 e. The monoisotopic (exact) mass is 432 g/mol. The van der Waals surface area contributed by atoms with Crippen molar-refractivity contribution >= 4 is 44.0 Å². The Morgan fingerprint density at radius 1 is 1.10 bits per heavy atom. The van der Waals surface area contributed by atoms with Gasteiger partial charge in [0.15, 0.2) is 0 Å². The van der Waals surface area contributed by atoms with E-state index >= 15 is 0 Å². The lowest BCUT2D eigenvalue weighted by Crippen LogP contribution is -2.41. The van der Waals surface area contributed by atoms with Gasteiger partial charge in [-0.15, -0.1) is 0 Å². The summed E-state index contributed by atoms with van der Waals surface area (Å²) in [5.41, 5.74) is 0.608. The number of hydrogen-bond acceptors (Lipinski definition) is 4. The zero-order valence-electron chi connectivity index (χ0n) is 16.0. The molecule has 2 N–H and O–H groups in total. The number of benzene rings is 3. The Morgan fingerprint density at radius 2 is 1.83 bits per heavy atom. The van der Waals surface area contributed by atoms with E-state index < -0.39 is 22.0 Å². The topological polar surface area (TPSA) is 84.5 Å². The number of rotatable bonds is 7. The summed E-state index contributed by atoms with van der Waals surface area (Å²) < 4.78 is 33.4. The van der Waals surface area contributed by atoms with Gasteiger partial charge in [-0.05, 0) is 43.5 Å². The molecule has 0 aliphatic carbocycles. The molecule has 0 aliphatic heterocycles. The molecule has 0 fully saturated rings. The standard InChI is InChI=1S/C21H21ClN2O4S/c1-3-28-19-12-11-16(22)13-20(19)29(26,27)24-14(2)21(25)23-18-10-6-8-15-7-4-5-9-17(15)18/h4-14,24H,3H2,1-2H3,(H,23,25). The first-order valence-electron chi connectivity index (χ1n) is 9.05. The SMILES string of the molecule is CCOc1ccc(Cl)cc1S(=O)(=O)NC(C)C(=O)Nc1cccc2ccccc12. The number of amides is 1. The highest BCUT2D eigenvalue weighted by Gasteiger charge is 2.26. The quantitative estimate of drug-likeness (QED) is 0.586. The summed E-state index contributed by atoms with van der Waals surface area (Å²) >= 11 is 5.96. The van der Waals surface area contributed by atoms with E-state index in [1.165, 1.54) is 19.1 Å². The minimum Gasteiger partial charge on any atom is -0.492 e. The van der Waals surface area contributed by atoms with E-state index in [1.807, 2.05) is 36.4 Å². The van der Waals surface area contributed by atoms with Crippen molar-refractivity contribution in [3.8, 4) is 5.75 Å². The number of ether oxygens (including phenoxy) is 1. The van der Waals surface area contributed by atoms with Gasteiger partial charge in [0.2, 0.25) is 15.9 Å². The molecule has 3 rings (SSSR count). The molecule has 0 heterocycles. The second-order valence-electron chi connectivity index (χ2n) is 6.38. The van der Waals surface area contributed by atoms with Crippen molar-refractivity contribution in [1.82, 2.24) is 4.72 Å². The molecule has 0 saturated carbocycles. The maximum absolute atomic E-state index is 12.8. The van der Waals surface area contributed by atoms with Crippen molar-refractivity contribution in [3.05, 3.63) is 65.7 Å². The number of nitrogens with one attached hydrogen (secondary N) is 2. The van der Waals surface area contributed by atoms with Crippen molar-refractivity contribution < 1.29 is 17.9 Å². The Balaban J connectivity index is 1.81. The fourth-order valence-corrected chi connectivity index (χ4v) is 4.50. The molecule has 0 radical (unpaired) electrons. The summed E-state index contributed by atoms with van der Waals surface area (Å²) in [6.07, 6.45) is 0. The van der Waals surface area contributed by atoms with Crippen molar-refractivity contribution in [2.24, 2.45) is 0 Å². The predicted octanol–water partition coefficient (Wildman–Crippen LogP) is 4.20. The lowest BCUT2D eigenvalue weighted by molar-refractivity contribution is -0.117. The smallest absolute Gasteiger partial charge is 0.245 e. The van der Waals surface area contributed by atoms with Gasteiger partial charge in [-0.3, -0.25) is 4.79 Å². The third-order valence-corrected chi connectivity index (χ3v) is 6.06. The molecule has 1 amide bonds. The van der Waals surface area contributed by atoms with E-state index in [9.17, 15) is 13.2 Å². The minimum atomic E-state index is -4.03.